The zero-order chi connectivity index (χ0) is 23.5. The standard InChI is InChI=1S/C28H25N3O3/c1-18-25(28(33)31-24-15-5-6-16-29-24)26(27-22(30-18)13-8-14-23(27)32)19-9-7-12-21(17-19)34-20-10-3-2-4-11-20/h2-7,9-12,15-17,26,30H,8,13-14H2,1H3,(H,29,31,33). The number of rotatable bonds is 5. The third-order valence-corrected chi connectivity index (χ3v) is 6.10. The van der Waals surface area contributed by atoms with Gasteiger partial charge in [0.05, 0.1) is 0 Å². The van der Waals surface area contributed by atoms with Gasteiger partial charge in [0.2, 0.25) is 0 Å². The first-order valence-corrected chi connectivity index (χ1v) is 11.4. The van der Waals surface area contributed by atoms with E-state index >= 15 is 0 Å². The number of para-hydroxylation sites is 1. The molecule has 3 aromatic rings. The number of amides is 1. The van der Waals surface area contributed by atoms with Crippen LogP contribution in [-0.2, 0) is 9.59 Å². The molecule has 34 heavy (non-hydrogen) atoms. The monoisotopic (exact) mass is 451 g/mol. The highest BCUT2D eigenvalue weighted by molar-refractivity contribution is 6.09. The summed E-state index contributed by atoms with van der Waals surface area (Å²) in [5, 5.41) is 6.24. The van der Waals surface area contributed by atoms with Crippen molar-refractivity contribution < 1.29 is 14.3 Å². The van der Waals surface area contributed by atoms with Gasteiger partial charge in [-0.25, -0.2) is 4.98 Å². The first-order valence-electron chi connectivity index (χ1n) is 11.4. The van der Waals surface area contributed by atoms with Crippen molar-refractivity contribution >= 4 is 17.5 Å². The summed E-state index contributed by atoms with van der Waals surface area (Å²) in [5.41, 5.74) is 3.66. The van der Waals surface area contributed by atoms with E-state index in [0.29, 0.717) is 29.1 Å². The minimum Gasteiger partial charge on any atom is -0.457 e. The first kappa shape index (κ1) is 21.6. The Kier molecular flexibility index (Phi) is 5.95. The van der Waals surface area contributed by atoms with Crippen molar-refractivity contribution in [3.8, 4) is 11.5 Å². The number of aromatic nitrogens is 1. The highest BCUT2D eigenvalue weighted by Crippen LogP contribution is 2.43. The number of anilines is 1. The maximum absolute atomic E-state index is 13.5. The zero-order valence-corrected chi connectivity index (χ0v) is 18.9. The van der Waals surface area contributed by atoms with Crippen LogP contribution in [0.5, 0.6) is 11.5 Å². The summed E-state index contributed by atoms with van der Waals surface area (Å²) in [7, 11) is 0. The van der Waals surface area contributed by atoms with Gasteiger partial charge < -0.3 is 15.4 Å². The van der Waals surface area contributed by atoms with Gasteiger partial charge in [0.1, 0.15) is 17.3 Å². The second-order valence-corrected chi connectivity index (χ2v) is 8.42. The Bertz CT molecular complexity index is 1300. The molecule has 1 aliphatic carbocycles. The average molecular weight is 452 g/mol. The number of ketones is 1. The molecule has 0 saturated carbocycles. The molecule has 0 spiro atoms. The van der Waals surface area contributed by atoms with Crippen molar-refractivity contribution in [2.45, 2.75) is 32.1 Å². The lowest BCUT2D eigenvalue weighted by molar-refractivity contribution is -0.116. The first-order chi connectivity index (χ1) is 16.6. The normalized spacial score (nSPS) is 17.7. The summed E-state index contributed by atoms with van der Waals surface area (Å²) in [6.07, 6.45) is 3.69. The Morgan fingerprint density at radius 1 is 1.00 bits per heavy atom. The van der Waals surface area contributed by atoms with Crippen LogP contribution in [0.25, 0.3) is 0 Å². The lowest BCUT2D eigenvalue weighted by Crippen LogP contribution is -2.35. The summed E-state index contributed by atoms with van der Waals surface area (Å²) in [5.74, 6) is 1.12. The minimum atomic E-state index is -0.493. The van der Waals surface area contributed by atoms with Crippen LogP contribution >= 0.6 is 0 Å². The molecule has 0 radical (unpaired) electrons. The Hall–Kier alpha value is -4.19. The number of allylic oxidation sites excluding steroid dienone is 3. The molecule has 2 heterocycles. The Balaban J connectivity index is 1.56. The van der Waals surface area contributed by atoms with Crippen LogP contribution in [0.1, 0.15) is 37.7 Å². The second kappa shape index (κ2) is 9.35. The van der Waals surface area contributed by atoms with Gasteiger partial charge in [0.15, 0.2) is 5.78 Å². The molecule has 6 heteroatoms. The largest absolute Gasteiger partial charge is 0.457 e. The number of hydrogen-bond donors (Lipinski definition) is 2. The van der Waals surface area contributed by atoms with Crippen molar-refractivity contribution in [3.63, 3.8) is 0 Å². The van der Waals surface area contributed by atoms with Crippen LogP contribution in [0.3, 0.4) is 0 Å². The average Bonchev–Trinajstić information content (AvgIpc) is 2.85. The van der Waals surface area contributed by atoms with Crippen molar-refractivity contribution in [1.29, 1.82) is 0 Å². The lowest BCUT2D eigenvalue weighted by Gasteiger charge is -2.34. The van der Waals surface area contributed by atoms with E-state index < -0.39 is 5.92 Å². The molecule has 1 amide bonds. The molecular formula is C28H25N3O3. The highest BCUT2D eigenvalue weighted by atomic mass is 16.5. The molecular weight excluding hydrogens is 426 g/mol. The van der Waals surface area contributed by atoms with Crippen molar-refractivity contribution in [2.75, 3.05) is 5.32 Å². The number of hydrogen-bond acceptors (Lipinski definition) is 5. The summed E-state index contributed by atoms with van der Waals surface area (Å²) in [6.45, 7) is 1.88. The van der Waals surface area contributed by atoms with Crippen LogP contribution in [0.2, 0.25) is 0 Å². The number of ether oxygens (including phenoxy) is 1. The molecule has 1 unspecified atom stereocenters. The third kappa shape index (κ3) is 4.35. The number of nitrogens with one attached hydrogen (secondary N) is 2. The van der Waals surface area contributed by atoms with Gasteiger partial charge in [-0.2, -0.15) is 0 Å². The minimum absolute atomic E-state index is 0.0729. The fraction of sp³-hybridized carbons (Fsp3) is 0.179. The van der Waals surface area contributed by atoms with E-state index in [2.05, 4.69) is 15.6 Å². The van der Waals surface area contributed by atoms with Gasteiger partial charge in [0, 0.05) is 41.1 Å². The topological polar surface area (TPSA) is 80.3 Å². The Morgan fingerprint density at radius 3 is 2.59 bits per heavy atom. The number of carbonyl (C=O) groups is 2. The molecule has 2 aromatic carbocycles. The SMILES string of the molecule is CC1=C(C(=O)Nc2ccccn2)C(c2cccc(Oc3ccccc3)c2)C2=C(CCCC2=O)N1. The van der Waals surface area contributed by atoms with E-state index in [-0.39, 0.29) is 11.7 Å². The van der Waals surface area contributed by atoms with E-state index in [1.54, 1.807) is 18.3 Å². The van der Waals surface area contributed by atoms with Crippen molar-refractivity contribution in [2.24, 2.45) is 0 Å². The number of pyridine rings is 1. The molecule has 5 rings (SSSR count). The van der Waals surface area contributed by atoms with Crippen LogP contribution in [0.4, 0.5) is 5.82 Å². The third-order valence-electron chi connectivity index (χ3n) is 6.10. The summed E-state index contributed by atoms with van der Waals surface area (Å²) < 4.78 is 6.05. The second-order valence-electron chi connectivity index (χ2n) is 8.42. The number of carbonyl (C=O) groups excluding carboxylic acids is 2. The number of nitrogens with zero attached hydrogens (tertiary/aromatic N) is 1. The number of dihydropyridines is 1. The summed E-state index contributed by atoms with van der Waals surface area (Å²) >= 11 is 0. The van der Waals surface area contributed by atoms with Gasteiger partial charge in [-0.1, -0.05) is 36.4 Å². The molecule has 2 N–H and O–H groups in total. The van der Waals surface area contributed by atoms with E-state index in [4.69, 9.17) is 4.74 Å². The van der Waals surface area contributed by atoms with E-state index in [1.807, 2.05) is 67.6 Å². The molecule has 2 aliphatic rings. The summed E-state index contributed by atoms with van der Waals surface area (Å²) in [4.78, 5) is 30.9. The molecule has 1 aliphatic heterocycles. The molecule has 0 bridgehead atoms. The van der Waals surface area contributed by atoms with Crippen LogP contribution in [0, 0.1) is 0 Å². The quantitative estimate of drug-likeness (QED) is 0.537. The summed E-state index contributed by atoms with van der Waals surface area (Å²) in [6, 6.07) is 22.5. The van der Waals surface area contributed by atoms with Gasteiger partial charge in [-0.15, -0.1) is 0 Å². The van der Waals surface area contributed by atoms with Crippen molar-refractivity contribution in [1.82, 2.24) is 10.3 Å². The Labute approximate surface area is 198 Å². The highest BCUT2D eigenvalue weighted by Gasteiger charge is 2.38. The van der Waals surface area contributed by atoms with Gasteiger partial charge in [-0.3, -0.25) is 9.59 Å². The molecule has 6 nitrogen and oxygen atoms in total. The number of Topliss-reactive ketones (excluding diaryl/α,β-unsaturated/α-hetero) is 1. The smallest absolute Gasteiger partial charge is 0.255 e. The fourth-order valence-corrected chi connectivity index (χ4v) is 4.62. The van der Waals surface area contributed by atoms with Crippen LogP contribution in [-0.4, -0.2) is 16.7 Å². The maximum Gasteiger partial charge on any atom is 0.255 e. The molecule has 0 saturated heterocycles. The molecule has 170 valence electrons. The number of benzene rings is 2. The lowest BCUT2D eigenvalue weighted by atomic mass is 9.75. The maximum atomic E-state index is 13.5. The molecule has 0 fully saturated rings. The Morgan fingerprint density at radius 2 is 1.79 bits per heavy atom. The zero-order valence-electron chi connectivity index (χ0n) is 18.9. The van der Waals surface area contributed by atoms with E-state index in [0.717, 1.165) is 35.5 Å². The predicted octanol–water partition coefficient (Wildman–Crippen LogP) is 5.48. The van der Waals surface area contributed by atoms with Gasteiger partial charge >= 0.3 is 0 Å². The van der Waals surface area contributed by atoms with E-state index in [1.165, 1.54) is 0 Å². The fourth-order valence-electron chi connectivity index (χ4n) is 4.62. The predicted molar refractivity (Wildman–Crippen MR) is 130 cm³/mol. The van der Waals surface area contributed by atoms with Gasteiger partial charge in [-0.05, 0) is 61.7 Å². The van der Waals surface area contributed by atoms with Crippen LogP contribution in [0.15, 0.2) is 102 Å². The molecule has 1 aromatic heterocycles. The van der Waals surface area contributed by atoms with Crippen molar-refractivity contribution in [3.05, 3.63) is 107 Å². The van der Waals surface area contributed by atoms with Crippen LogP contribution < -0.4 is 15.4 Å². The van der Waals surface area contributed by atoms with E-state index in [9.17, 15) is 9.59 Å². The molecule has 1 atom stereocenters. The van der Waals surface area contributed by atoms with Gasteiger partial charge in [0.25, 0.3) is 5.91 Å².